The van der Waals surface area contributed by atoms with Crippen LogP contribution in [0.1, 0.15) is 5.56 Å². The van der Waals surface area contributed by atoms with Crippen LogP contribution in [0.5, 0.6) is 0 Å². The minimum Gasteiger partial charge on any atom is -0.389 e. The number of carbonyl (C=O) groups is 1. The average Bonchev–Trinajstić information content (AvgIpc) is 2.20. The molecule has 0 saturated carbocycles. The van der Waals surface area contributed by atoms with Gasteiger partial charge < -0.3 is 16.4 Å². The molecule has 15 heavy (non-hydrogen) atoms. The van der Waals surface area contributed by atoms with Crippen molar-refractivity contribution in [3.63, 3.8) is 0 Å². The van der Waals surface area contributed by atoms with Gasteiger partial charge in [0.25, 0.3) is 0 Å². The molecule has 1 aromatic carbocycles. The van der Waals surface area contributed by atoms with Crippen LogP contribution in [0.4, 0.5) is 14.9 Å². The number of amides is 2. The smallest absolute Gasteiger partial charge is 0.318 e. The maximum absolute atomic E-state index is 12.9. The van der Waals surface area contributed by atoms with E-state index in [0.717, 1.165) is 0 Å². The van der Waals surface area contributed by atoms with Crippen molar-refractivity contribution in [2.24, 2.45) is 5.73 Å². The Bertz CT molecular complexity index is 408. The highest BCUT2D eigenvalue weighted by Gasteiger charge is 2.08. The molecule has 80 valence electrons. The number of benzene rings is 1. The van der Waals surface area contributed by atoms with Crippen LogP contribution in [0.25, 0.3) is 0 Å². The number of carbonyl (C=O) groups excluding carboxylic acids is 1. The number of anilines is 1. The van der Waals surface area contributed by atoms with E-state index in [0.29, 0.717) is 11.3 Å². The molecule has 0 spiro atoms. The molecule has 6 heteroatoms. The first kappa shape index (κ1) is 11.4. The fraction of sp³-hybridized carbons (Fsp3) is 0.111. The van der Waals surface area contributed by atoms with Gasteiger partial charge in [-0.3, -0.25) is 0 Å². The SMILES string of the molecule is CNC(=O)Nc1ccc(F)cc1C(N)=S. The van der Waals surface area contributed by atoms with Crippen molar-refractivity contribution in [2.75, 3.05) is 12.4 Å². The molecule has 0 atom stereocenters. The first-order valence-corrected chi connectivity index (χ1v) is 4.53. The molecule has 0 bridgehead atoms. The maximum atomic E-state index is 12.9. The number of nitrogens with two attached hydrogens (primary N) is 1. The molecule has 0 aliphatic heterocycles. The molecule has 0 radical (unpaired) electrons. The highest BCUT2D eigenvalue weighted by atomic mass is 32.1. The van der Waals surface area contributed by atoms with Gasteiger partial charge in [-0.25, -0.2) is 9.18 Å². The Morgan fingerprint density at radius 1 is 1.53 bits per heavy atom. The summed E-state index contributed by atoms with van der Waals surface area (Å²) in [4.78, 5) is 11.1. The van der Waals surface area contributed by atoms with Crippen molar-refractivity contribution in [1.82, 2.24) is 5.32 Å². The van der Waals surface area contributed by atoms with E-state index in [4.69, 9.17) is 18.0 Å². The summed E-state index contributed by atoms with van der Waals surface area (Å²) in [6, 6.07) is 3.37. The number of halogens is 1. The van der Waals surface area contributed by atoms with Gasteiger partial charge in [0, 0.05) is 12.6 Å². The zero-order valence-corrected chi connectivity index (χ0v) is 8.82. The van der Waals surface area contributed by atoms with Crippen LogP contribution in [0, 0.1) is 5.82 Å². The molecule has 0 unspecified atom stereocenters. The van der Waals surface area contributed by atoms with Gasteiger partial charge in [-0.1, -0.05) is 12.2 Å². The summed E-state index contributed by atoms with van der Waals surface area (Å²) in [5.41, 5.74) is 6.07. The number of urea groups is 1. The Morgan fingerprint density at radius 2 is 2.20 bits per heavy atom. The Labute approximate surface area is 91.7 Å². The zero-order chi connectivity index (χ0) is 11.4. The van der Waals surface area contributed by atoms with E-state index in [1.165, 1.54) is 25.2 Å². The Kier molecular flexibility index (Phi) is 3.56. The number of rotatable bonds is 2. The van der Waals surface area contributed by atoms with Gasteiger partial charge in [-0.05, 0) is 18.2 Å². The molecule has 4 nitrogen and oxygen atoms in total. The van der Waals surface area contributed by atoms with Crippen LogP contribution in [-0.2, 0) is 0 Å². The highest BCUT2D eigenvalue weighted by Crippen LogP contribution is 2.16. The van der Waals surface area contributed by atoms with Crippen LogP contribution in [-0.4, -0.2) is 18.1 Å². The summed E-state index contributed by atoms with van der Waals surface area (Å²) in [7, 11) is 1.47. The predicted octanol–water partition coefficient (Wildman–Crippen LogP) is 1.21. The van der Waals surface area contributed by atoms with Gasteiger partial charge in [0.15, 0.2) is 0 Å². The van der Waals surface area contributed by atoms with Gasteiger partial charge in [-0.2, -0.15) is 0 Å². The zero-order valence-electron chi connectivity index (χ0n) is 8.00. The molecule has 0 heterocycles. The fourth-order valence-corrected chi connectivity index (χ4v) is 1.18. The molecular weight excluding hydrogens is 217 g/mol. The van der Waals surface area contributed by atoms with Gasteiger partial charge in [0.1, 0.15) is 10.8 Å². The molecule has 2 amide bonds. The second-order valence-electron chi connectivity index (χ2n) is 2.76. The average molecular weight is 227 g/mol. The van der Waals surface area contributed by atoms with Crippen molar-refractivity contribution in [2.45, 2.75) is 0 Å². The van der Waals surface area contributed by atoms with E-state index >= 15 is 0 Å². The van der Waals surface area contributed by atoms with Crippen molar-refractivity contribution in [3.8, 4) is 0 Å². The minimum atomic E-state index is -0.458. The lowest BCUT2D eigenvalue weighted by molar-refractivity contribution is 0.254. The molecule has 0 saturated heterocycles. The van der Waals surface area contributed by atoms with E-state index in [-0.39, 0.29) is 4.99 Å². The van der Waals surface area contributed by atoms with E-state index < -0.39 is 11.8 Å². The first-order valence-electron chi connectivity index (χ1n) is 4.12. The topological polar surface area (TPSA) is 67.2 Å². The molecule has 1 aromatic rings. The quantitative estimate of drug-likeness (QED) is 0.665. The molecular formula is C9H10FN3OS. The summed E-state index contributed by atoms with van der Waals surface area (Å²) >= 11 is 4.74. The maximum Gasteiger partial charge on any atom is 0.318 e. The second-order valence-corrected chi connectivity index (χ2v) is 3.20. The van der Waals surface area contributed by atoms with E-state index in [1.54, 1.807) is 0 Å². The molecule has 0 aromatic heterocycles. The number of thiocarbonyl (C=S) groups is 1. The Balaban J connectivity index is 3.06. The standard InChI is InChI=1S/C9H10FN3OS/c1-12-9(14)13-7-3-2-5(10)4-6(7)8(11)15/h2-4H,1H3,(H2,11,15)(H2,12,13,14). The predicted molar refractivity (Wildman–Crippen MR) is 60.4 cm³/mol. The molecule has 0 aliphatic rings. The van der Waals surface area contributed by atoms with Crippen LogP contribution in [0.15, 0.2) is 18.2 Å². The monoisotopic (exact) mass is 227 g/mol. The van der Waals surface area contributed by atoms with Crippen molar-refractivity contribution < 1.29 is 9.18 Å². The molecule has 4 N–H and O–H groups in total. The Hall–Kier alpha value is -1.69. The lowest BCUT2D eigenvalue weighted by Crippen LogP contribution is -2.26. The molecule has 0 aliphatic carbocycles. The van der Waals surface area contributed by atoms with Crippen molar-refractivity contribution in [1.29, 1.82) is 0 Å². The number of hydrogen-bond acceptors (Lipinski definition) is 2. The van der Waals surface area contributed by atoms with Gasteiger partial charge >= 0.3 is 6.03 Å². The lowest BCUT2D eigenvalue weighted by Gasteiger charge is -2.09. The van der Waals surface area contributed by atoms with Gasteiger partial charge in [0.2, 0.25) is 0 Å². The van der Waals surface area contributed by atoms with Crippen molar-refractivity contribution >= 4 is 28.9 Å². The van der Waals surface area contributed by atoms with E-state index in [9.17, 15) is 9.18 Å². The second kappa shape index (κ2) is 4.70. The van der Waals surface area contributed by atoms with Crippen LogP contribution in [0.2, 0.25) is 0 Å². The first-order chi connectivity index (χ1) is 7.04. The van der Waals surface area contributed by atoms with Gasteiger partial charge in [0.05, 0.1) is 5.69 Å². The van der Waals surface area contributed by atoms with Crippen LogP contribution in [0.3, 0.4) is 0 Å². The largest absolute Gasteiger partial charge is 0.389 e. The summed E-state index contributed by atoms with van der Waals surface area (Å²) in [5.74, 6) is -0.458. The van der Waals surface area contributed by atoms with Gasteiger partial charge in [-0.15, -0.1) is 0 Å². The lowest BCUT2D eigenvalue weighted by atomic mass is 10.1. The molecule has 1 rings (SSSR count). The number of nitrogens with one attached hydrogen (secondary N) is 2. The van der Waals surface area contributed by atoms with E-state index in [2.05, 4.69) is 10.6 Å². The normalized spacial score (nSPS) is 9.47. The van der Waals surface area contributed by atoms with Crippen LogP contribution >= 0.6 is 12.2 Å². The summed E-state index contributed by atoms with van der Waals surface area (Å²) < 4.78 is 12.9. The number of hydrogen-bond donors (Lipinski definition) is 3. The van der Waals surface area contributed by atoms with E-state index in [1.807, 2.05) is 0 Å². The van der Waals surface area contributed by atoms with Crippen LogP contribution < -0.4 is 16.4 Å². The minimum absolute atomic E-state index is 0.0286. The molecule has 0 fully saturated rings. The third kappa shape index (κ3) is 2.88. The fourth-order valence-electron chi connectivity index (χ4n) is 1.01. The third-order valence-corrected chi connectivity index (χ3v) is 1.94. The summed E-state index contributed by atoms with van der Waals surface area (Å²) in [5, 5.41) is 4.85. The highest BCUT2D eigenvalue weighted by molar-refractivity contribution is 7.80. The summed E-state index contributed by atoms with van der Waals surface area (Å²) in [6.07, 6.45) is 0. The third-order valence-electron chi connectivity index (χ3n) is 1.72. The Morgan fingerprint density at radius 3 is 2.73 bits per heavy atom. The summed E-state index contributed by atoms with van der Waals surface area (Å²) in [6.45, 7) is 0. The van der Waals surface area contributed by atoms with Crippen molar-refractivity contribution in [3.05, 3.63) is 29.6 Å².